The minimum atomic E-state index is 0.451. The summed E-state index contributed by atoms with van der Waals surface area (Å²) in [4.78, 5) is 1.47. The van der Waals surface area contributed by atoms with Gasteiger partial charge in [-0.15, -0.1) is 11.3 Å². The smallest absolute Gasteiger partial charge is 0.0323 e. The van der Waals surface area contributed by atoms with Crippen LogP contribution < -0.4 is 5.32 Å². The van der Waals surface area contributed by atoms with Gasteiger partial charge in [-0.05, 0) is 61.9 Å². The molecular weight excluding hydrogens is 238 g/mol. The van der Waals surface area contributed by atoms with Crippen LogP contribution in [0.2, 0.25) is 0 Å². The van der Waals surface area contributed by atoms with Crippen LogP contribution >= 0.6 is 11.3 Å². The SMILES string of the molecule is CNC(CCc1cccs1)c1cccc(C)c1C. The van der Waals surface area contributed by atoms with E-state index in [2.05, 4.69) is 61.9 Å². The van der Waals surface area contributed by atoms with Gasteiger partial charge in [0, 0.05) is 10.9 Å². The van der Waals surface area contributed by atoms with E-state index < -0.39 is 0 Å². The van der Waals surface area contributed by atoms with E-state index in [4.69, 9.17) is 0 Å². The summed E-state index contributed by atoms with van der Waals surface area (Å²) < 4.78 is 0. The van der Waals surface area contributed by atoms with Gasteiger partial charge in [0.1, 0.15) is 0 Å². The largest absolute Gasteiger partial charge is 0.313 e. The Balaban J connectivity index is 2.10. The minimum Gasteiger partial charge on any atom is -0.313 e. The summed E-state index contributed by atoms with van der Waals surface area (Å²) in [6.45, 7) is 4.41. The Morgan fingerprint density at radius 3 is 2.67 bits per heavy atom. The summed E-state index contributed by atoms with van der Waals surface area (Å²) in [6.07, 6.45) is 2.30. The zero-order valence-corrected chi connectivity index (χ0v) is 12.2. The molecule has 0 bridgehead atoms. The van der Waals surface area contributed by atoms with Gasteiger partial charge in [-0.3, -0.25) is 0 Å². The predicted octanol–water partition coefficient (Wildman–Crippen LogP) is 4.26. The maximum atomic E-state index is 3.45. The first-order valence-corrected chi connectivity index (χ1v) is 7.36. The number of hydrogen-bond donors (Lipinski definition) is 1. The van der Waals surface area contributed by atoms with Gasteiger partial charge in [-0.1, -0.05) is 24.3 Å². The third-order valence-corrected chi connectivity index (χ3v) is 4.57. The lowest BCUT2D eigenvalue weighted by molar-refractivity contribution is 0.548. The van der Waals surface area contributed by atoms with E-state index in [1.54, 1.807) is 0 Å². The molecule has 0 aliphatic carbocycles. The van der Waals surface area contributed by atoms with Crippen LogP contribution in [0.25, 0.3) is 0 Å². The van der Waals surface area contributed by atoms with Gasteiger partial charge in [0.2, 0.25) is 0 Å². The second-order valence-electron chi connectivity index (χ2n) is 4.75. The van der Waals surface area contributed by atoms with Gasteiger partial charge in [0.05, 0.1) is 0 Å². The molecule has 0 aliphatic heterocycles. The van der Waals surface area contributed by atoms with Crippen molar-refractivity contribution >= 4 is 11.3 Å². The summed E-state index contributed by atoms with van der Waals surface area (Å²) in [5, 5.41) is 5.61. The molecule has 1 atom stereocenters. The van der Waals surface area contributed by atoms with Crippen molar-refractivity contribution in [3.05, 3.63) is 57.3 Å². The molecule has 0 saturated heterocycles. The predicted molar refractivity (Wildman–Crippen MR) is 80.4 cm³/mol. The van der Waals surface area contributed by atoms with Crippen molar-refractivity contribution < 1.29 is 0 Å². The first-order valence-electron chi connectivity index (χ1n) is 6.48. The van der Waals surface area contributed by atoms with E-state index in [1.165, 1.54) is 21.6 Å². The molecule has 2 rings (SSSR count). The number of hydrogen-bond acceptors (Lipinski definition) is 2. The number of rotatable bonds is 5. The van der Waals surface area contributed by atoms with Crippen LogP contribution in [0.1, 0.15) is 34.0 Å². The van der Waals surface area contributed by atoms with E-state index in [-0.39, 0.29) is 0 Å². The van der Waals surface area contributed by atoms with Crippen LogP contribution in [0, 0.1) is 13.8 Å². The number of nitrogens with one attached hydrogen (secondary N) is 1. The van der Waals surface area contributed by atoms with Gasteiger partial charge < -0.3 is 5.32 Å². The van der Waals surface area contributed by atoms with Crippen LogP contribution in [0.3, 0.4) is 0 Å². The monoisotopic (exact) mass is 259 g/mol. The lowest BCUT2D eigenvalue weighted by Crippen LogP contribution is -2.18. The number of thiophene rings is 1. The molecule has 0 fully saturated rings. The van der Waals surface area contributed by atoms with Crippen molar-refractivity contribution in [3.8, 4) is 0 Å². The molecule has 1 N–H and O–H groups in total. The van der Waals surface area contributed by atoms with Crippen LogP contribution in [0.15, 0.2) is 35.7 Å². The highest BCUT2D eigenvalue weighted by Gasteiger charge is 2.12. The first kappa shape index (κ1) is 13.3. The summed E-state index contributed by atoms with van der Waals surface area (Å²) in [7, 11) is 2.06. The normalized spacial score (nSPS) is 12.6. The Kier molecular flexibility index (Phi) is 4.56. The van der Waals surface area contributed by atoms with E-state index in [0.717, 1.165) is 12.8 Å². The third kappa shape index (κ3) is 3.01. The average Bonchev–Trinajstić information content (AvgIpc) is 2.88. The molecule has 1 heterocycles. The highest BCUT2D eigenvalue weighted by Crippen LogP contribution is 2.25. The lowest BCUT2D eigenvalue weighted by Gasteiger charge is -2.19. The molecule has 2 aromatic rings. The summed E-state index contributed by atoms with van der Waals surface area (Å²) in [6, 6.07) is 11.4. The van der Waals surface area contributed by atoms with Crippen molar-refractivity contribution in [1.29, 1.82) is 0 Å². The number of aryl methyl sites for hydroxylation is 2. The Morgan fingerprint density at radius 1 is 1.17 bits per heavy atom. The van der Waals surface area contributed by atoms with E-state index >= 15 is 0 Å². The summed E-state index contributed by atoms with van der Waals surface area (Å²) in [5.74, 6) is 0. The minimum absolute atomic E-state index is 0.451. The average molecular weight is 259 g/mol. The zero-order valence-electron chi connectivity index (χ0n) is 11.4. The van der Waals surface area contributed by atoms with Crippen LogP contribution in [-0.2, 0) is 6.42 Å². The van der Waals surface area contributed by atoms with Gasteiger partial charge >= 0.3 is 0 Å². The topological polar surface area (TPSA) is 12.0 Å². The molecule has 0 aliphatic rings. The van der Waals surface area contributed by atoms with Crippen molar-refractivity contribution in [3.63, 3.8) is 0 Å². The maximum absolute atomic E-state index is 3.45. The molecule has 0 amide bonds. The van der Waals surface area contributed by atoms with E-state index in [1.807, 2.05) is 11.3 Å². The third-order valence-electron chi connectivity index (χ3n) is 3.63. The van der Waals surface area contributed by atoms with Crippen LogP contribution in [0.5, 0.6) is 0 Å². The number of benzene rings is 1. The molecule has 2 heteroatoms. The Morgan fingerprint density at radius 2 is 2.00 bits per heavy atom. The molecule has 1 nitrogen and oxygen atoms in total. The van der Waals surface area contributed by atoms with Crippen LogP contribution in [0.4, 0.5) is 0 Å². The van der Waals surface area contributed by atoms with E-state index in [0.29, 0.717) is 6.04 Å². The molecule has 0 saturated carbocycles. The molecule has 0 spiro atoms. The zero-order chi connectivity index (χ0) is 13.0. The molecule has 96 valence electrons. The van der Waals surface area contributed by atoms with Crippen LogP contribution in [-0.4, -0.2) is 7.05 Å². The van der Waals surface area contributed by atoms with Gasteiger partial charge in [-0.25, -0.2) is 0 Å². The van der Waals surface area contributed by atoms with Crippen molar-refractivity contribution in [1.82, 2.24) is 5.32 Å². The Hall–Kier alpha value is -1.12. The van der Waals surface area contributed by atoms with Gasteiger partial charge in [0.15, 0.2) is 0 Å². The fraction of sp³-hybridized carbons (Fsp3) is 0.375. The van der Waals surface area contributed by atoms with Gasteiger partial charge in [-0.2, -0.15) is 0 Å². The van der Waals surface area contributed by atoms with Gasteiger partial charge in [0.25, 0.3) is 0 Å². The molecule has 0 radical (unpaired) electrons. The quantitative estimate of drug-likeness (QED) is 0.846. The fourth-order valence-electron chi connectivity index (χ4n) is 2.35. The molecular formula is C16H21NS. The molecule has 1 aromatic heterocycles. The fourth-order valence-corrected chi connectivity index (χ4v) is 3.07. The molecule has 18 heavy (non-hydrogen) atoms. The summed E-state index contributed by atoms with van der Waals surface area (Å²) in [5.41, 5.74) is 4.24. The molecule has 1 unspecified atom stereocenters. The Labute approximate surface area is 114 Å². The second-order valence-corrected chi connectivity index (χ2v) is 5.78. The standard InChI is InChI=1S/C16H21NS/c1-12-6-4-8-15(13(12)2)16(17-3)10-9-14-7-5-11-18-14/h4-8,11,16-17H,9-10H2,1-3H3. The maximum Gasteiger partial charge on any atom is 0.0323 e. The highest BCUT2D eigenvalue weighted by molar-refractivity contribution is 7.09. The van der Waals surface area contributed by atoms with Crippen molar-refractivity contribution in [2.24, 2.45) is 0 Å². The molecule has 1 aromatic carbocycles. The van der Waals surface area contributed by atoms with Crippen molar-refractivity contribution in [2.45, 2.75) is 32.7 Å². The Bertz CT molecular complexity index is 488. The second kappa shape index (κ2) is 6.17. The first-order chi connectivity index (χ1) is 8.72. The summed E-state index contributed by atoms with van der Waals surface area (Å²) >= 11 is 1.85. The highest BCUT2D eigenvalue weighted by atomic mass is 32.1. The lowest BCUT2D eigenvalue weighted by atomic mass is 9.94. The van der Waals surface area contributed by atoms with E-state index in [9.17, 15) is 0 Å². The van der Waals surface area contributed by atoms with Crippen molar-refractivity contribution in [2.75, 3.05) is 7.05 Å².